The molecule has 1 fully saturated rings. The van der Waals surface area contributed by atoms with Gasteiger partial charge < -0.3 is 31.1 Å². The van der Waals surface area contributed by atoms with Crippen LogP contribution in [0.2, 0.25) is 0 Å². The second-order valence-corrected chi connectivity index (χ2v) is 15.2. The molecule has 53 heavy (non-hydrogen) atoms. The molecule has 292 valence electrons. The summed E-state index contributed by atoms with van der Waals surface area (Å²) in [5, 5.41) is 22.1. The number of Topliss-reactive ketones (excluding diaryl/α,β-unsaturated/α-hetero) is 1. The Balaban J connectivity index is 1.84. The van der Waals surface area contributed by atoms with Crippen LogP contribution < -0.4 is 21.3 Å². The van der Waals surface area contributed by atoms with E-state index in [2.05, 4.69) is 21.3 Å². The normalized spacial score (nSPS) is 16.8. The maximum Gasteiger partial charge on any atom is 0.243 e. The molecule has 1 aliphatic heterocycles. The lowest BCUT2D eigenvalue weighted by Crippen LogP contribution is -2.60. The van der Waals surface area contributed by atoms with Gasteiger partial charge in [-0.15, -0.1) is 11.6 Å². The van der Waals surface area contributed by atoms with Crippen LogP contribution in [0.5, 0.6) is 0 Å². The van der Waals surface area contributed by atoms with Crippen LogP contribution in [0.4, 0.5) is 0 Å². The molecule has 2 aromatic rings. The number of morpholine rings is 1. The Kier molecular flexibility index (Phi) is 17.9. The maximum atomic E-state index is 14.1. The summed E-state index contributed by atoms with van der Waals surface area (Å²) >= 11 is 5.90. The minimum atomic E-state index is -1.87. The van der Waals surface area contributed by atoms with E-state index in [-0.39, 0.29) is 49.4 Å². The van der Waals surface area contributed by atoms with Gasteiger partial charge in [-0.1, -0.05) is 88.4 Å². The second kappa shape index (κ2) is 21.8. The number of alkyl halides is 1. The van der Waals surface area contributed by atoms with Crippen molar-refractivity contribution in [2.24, 2.45) is 11.8 Å². The summed E-state index contributed by atoms with van der Waals surface area (Å²) < 4.78 is 5.39. The summed E-state index contributed by atoms with van der Waals surface area (Å²) in [5.41, 5.74) is -0.102. The molecule has 0 aromatic heterocycles. The van der Waals surface area contributed by atoms with Crippen molar-refractivity contribution >= 4 is 41.0 Å². The van der Waals surface area contributed by atoms with Gasteiger partial charge in [0.05, 0.1) is 31.7 Å². The van der Waals surface area contributed by atoms with Crippen molar-refractivity contribution in [1.29, 1.82) is 0 Å². The number of ketones is 1. The molecule has 13 heteroatoms. The van der Waals surface area contributed by atoms with Gasteiger partial charge in [-0.3, -0.25) is 28.9 Å². The standard InChI is InChI=1S/C40H58ClN5O7/c1-27(2)22-32(36(48)40(5,52)26-41)43-39(51)34(24-30-14-10-7-11-15-30)45-38(50)33(23-28(3)4)44-37(49)31(17-16-29-12-8-6-9-13-29)42-35(47)25-46-18-20-53-21-19-46/h6-15,27-28,31-34,52H,16-26H2,1-5H3,(H,42,47)(H,43,51)(H,44,49)(H,45,50). The predicted molar refractivity (Wildman–Crippen MR) is 205 cm³/mol. The number of benzene rings is 2. The highest BCUT2D eigenvalue weighted by Gasteiger charge is 2.38. The molecule has 1 heterocycles. The molecule has 0 aliphatic carbocycles. The van der Waals surface area contributed by atoms with Crippen molar-refractivity contribution in [2.75, 3.05) is 38.7 Å². The van der Waals surface area contributed by atoms with Gasteiger partial charge in [-0.2, -0.15) is 0 Å². The summed E-state index contributed by atoms with van der Waals surface area (Å²) in [7, 11) is 0. The summed E-state index contributed by atoms with van der Waals surface area (Å²) in [5.74, 6) is -3.00. The van der Waals surface area contributed by atoms with Crippen LogP contribution in [0.1, 0.15) is 65.0 Å². The van der Waals surface area contributed by atoms with E-state index in [9.17, 15) is 29.1 Å². The first-order chi connectivity index (χ1) is 25.2. The van der Waals surface area contributed by atoms with Crippen molar-refractivity contribution < 1.29 is 33.8 Å². The first-order valence-electron chi connectivity index (χ1n) is 18.6. The third kappa shape index (κ3) is 15.2. The van der Waals surface area contributed by atoms with Gasteiger partial charge >= 0.3 is 0 Å². The zero-order valence-corrected chi connectivity index (χ0v) is 32.5. The van der Waals surface area contributed by atoms with Crippen LogP contribution in [-0.4, -0.2) is 108 Å². The fourth-order valence-electron chi connectivity index (χ4n) is 6.15. The largest absolute Gasteiger partial charge is 0.381 e. The zero-order valence-electron chi connectivity index (χ0n) is 31.7. The molecular weight excluding hydrogens is 698 g/mol. The number of nitrogens with one attached hydrogen (secondary N) is 4. The molecule has 0 radical (unpaired) electrons. The molecular formula is C40H58ClN5O7. The average Bonchev–Trinajstić information content (AvgIpc) is 3.12. The summed E-state index contributed by atoms with van der Waals surface area (Å²) in [6.45, 7) is 11.3. The number of nitrogens with zero attached hydrogens (tertiary/aromatic N) is 1. The van der Waals surface area contributed by atoms with E-state index in [4.69, 9.17) is 16.3 Å². The smallest absolute Gasteiger partial charge is 0.243 e. The molecule has 0 saturated carbocycles. The van der Waals surface area contributed by atoms with Crippen LogP contribution >= 0.6 is 11.6 Å². The van der Waals surface area contributed by atoms with Gasteiger partial charge in [0.15, 0.2) is 5.78 Å². The monoisotopic (exact) mass is 755 g/mol. The van der Waals surface area contributed by atoms with Crippen LogP contribution in [0.25, 0.3) is 0 Å². The van der Waals surface area contributed by atoms with Gasteiger partial charge in [0.1, 0.15) is 23.7 Å². The topological polar surface area (TPSA) is 166 Å². The Morgan fingerprint density at radius 1 is 0.736 bits per heavy atom. The fraction of sp³-hybridized carbons (Fsp3) is 0.575. The Labute approximate surface area is 319 Å². The predicted octanol–water partition coefficient (Wildman–Crippen LogP) is 2.78. The van der Waals surface area contributed by atoms with Gasteiger partial charge in [-0.25, -0.2) is 0 Å². The molecule has 2 aromatic carbocycles. The average molecular weight is 756 g/mol. The van der Waals surface area contributed by atoms with E-state index in [1.54, 1.807) is 0 Å². The number of ether oxygens (including phenoxy) is 1. The Hall–Kier alpha value is -3.84. The Morgan fingerprint density at radius 3 is 1.79 bits per heavy atom. The van der Waals surface area contributed by atoms with Crippen LogP contribution in [0.3, 0.4) is 0 Å². The summed E-state index contributed by atoms with van der Waals surface area (Å²) in [4.78, 5) is 70.4. The lowest BCUT2D eigenvalue weighted by atomic mass is 9.90. The van der Waals surface area contributed by atoms with Crippen molar-refractivity contribution in [3.05, 3.63) is 71.8 Å². The molecule has 0 bridgehead atoms. The number of hydrogen-bond acceptors (Lipinski definition) is 8. The van der Waals surface area contributed by atoms with E-state index in [0.717, 1.165) is 11.1 Å². The number of carbonyl (C=O) groups is 5. The number of aliphatic hydroxyl groups is 1. The van der Waals surface area contributed by atoms with Gasteiger partial charge in [0, 0.05) is 19.5 Å². The summed E-state index contributed by atoms with van der Waals surface area (Å²) in [6.07, 6.45) is 1.43. The zero-order chi connectivity index (χ0) is 39.0. The first-order valence-corrected chi connectivity index (χ1v) is 19.1. The highest BCUT2D eigenvalue weighted by Crippen LogP contribution is 2.17. The van der Waals surface area contributed by atoms with Crippen molar-refractivity contribution in [3.8, 4) is 0 Å². The van der Waals surface area contributed by atoms with E-state index in [1.165, 1.54) is 6.92 Å². The van der Waals surface area contributed by atoms with Crippen molar-refractivity contribution in [2.45, 2.75) is 96.5 Å². The summed E-state index contributed by atoms with van der Waals surface area (Å²) in [6, 6.07) is 14.6. The molecule has 5 unspecified atom stereocenters. The number of rotatable bonds is 21. The maximum absolute atomic E-state index is 14.1. The van der Waals surface area contributed by atoms with Crippen LogP contribution in [-0.2, 0) is 41.6 Å². The van der Waals surface area contributed by atoms with Crippen molar-refractivity contribution in [1.82, 2.24) is 26.2 Å². The van der Waals surface area contributed by atoms with Crippen molar-refractivity contribution in [3.63, 3.8) is 0 Å². The quantitative estimate of drug-likeness (QED) is 0.121. The van der Waals surface area contributed by atoms with Crippen LogP contribution in [0, 0.1) is 11.8 Å². The van der Waals surface area contributed by atoms with E-state index < -0.39 is 53.3 Å². The van der Waals surface area contributed by atoms with E-state index in [1.807, 2.05) is 93.3 Å². The highest BCUT2D eigenvalue weighted by atomic mass is 35.5. The number of carbonyl (C=O) groups excluding carboxylic acids is 5. The number of halogens is 1. The lowest BCUT2D eigenvalue weighted by Gasteiger charge is -2.30. The number of aryl methyl sites for hydroxylation is 1. The second-order valence-electron chi connectivity index (χ2n) is 14.9. The van der Waals surface area contributed by atoms with E-state index >= 15 is 0 Å². The molecule has 0 spiro atoms. The number of amides is 4. The highest BCUT2D eigenvalue weighted by molar-refractivity contribution is 6.21. The van der Waals surface area contributed by atoms with Gasteiger partial charge in [0.25, 0.3) is 0 Å². The third-order valence-electron chi connectivity index (χ3n) is 9.07. The molecule has 5 N–H and O–H groups in total. The minimum Gasteiger partial charge on any atom is -0.381 e. The molecule has 4 amide bonds. The fourth-order valence-corrected chi connectivity index (χ4v) is 6.28. The lowest BCUT2D eigenvalue weighted by molar-refractivity contribution is -0.139. The molecule has 1 aliphatic rings. The third-order valence-corrected chi connectivity index (χ3v) is 9.59. The molecule has 12 nitrogen and oxygen atoms in total. The Bertz CT molecular complexity index is 1470. The molecule has 5 atom stereocenters. The molecule has 1 saturated heterocycles. The Morgan fingerprint density at radius 2 is 1.23 bits per heavy atom. The van der Waals surface area contributed by atoms with E-state index in [0.29, 0.717) is 39.1 Å². The van der Waals surface area contributed by atoms with Gasteiger partial charge in [0.2, 0.25) is 23.6 Å². The van der Waals surface area contributed by atoms with Gasteiger partial charge in [-0.05, 0) is 55.6 Å². The van der Waals surface area contributed by atoms with Crippen LogP contribution in [0.15, 0.2) is 60.7 Å². The SMILES string of the molecule is CC(C)CC(NC(=O)C(CCc1ccccc1)NC(=O)CN1CCOCC1)C(=O)NC(Cc1ccccc1)C(=O)NC(CC(C)C)C(=O)C(C)(O)CCl. The first kappa shape index (κ1) is 43.6. The minimum absolute atomic E-state index is 0.00706. The molecule has 3 rings (SSSR count). The number of hydrogen-bond donors (Lipinski definition) is 5.